The van der Waals surface area contributed by atoms with Crippen LogP contribution in [-0.4, -0.2) is 89.0 Å². The number of rotatable bonds is 3. The van der Waals surface area contributed by atoms with Gasteiger partial charge in [0.25, 0.3) is 0 Å². The number of ether oxygens (including phenoxy) is 2. The van der Waals surface area contributed by atoms with Crippen LogP contribution in [0.1, 0.15) is 12.8 Å². The third-order valence-electron chi connectivity index (χ3n) is 5.47. The van der Waals surface area contributed by atoms with Crippen molar-refractivity contribution >= 4 is 37.4 Å². The first-order valence-corrected chi connectivity index (χ1v) is 10.1. The molecule has 0 unspecified atom stereocenters. The van der Waals surface area contributed by atoms with Crippen LogP contribution in [0.4, 0.5) is 0 Å². The second kappa shape index (κ2) is 8.16. The number of hydrogen-bond acceptors (Lipinski definition) is 5. The summed E-state index contributed by atoms with van der Waals surface area (Å²) in [4.78, 5) is 21.1. The SMILES string of the molecule is CN1CCOC[C@@H]1C(=O)N1CCC(Oc2c[c]([Al])cc3ccncc23)CC1. The molecule has 4 rings (SSSR count). The van der Waals surface area contributed by atoms with E-state index in [0.717, 1.165) is 53.4 Å². The van der Waals surface area contributed by atoms with Gasteiger partial charge in [0.1, 0.15) is 17.9 Å². The standard InChI is InChI=1S/C20H24N3O3.Al/c1-22-11-12-25-14-18(22)20(24)23-9-6-16(7-10-23)26-19-4-2-3-15-5-8-21-13-17(15)19;/h3-5,8,13,16,18H,6-7,9-12,14H2,1H3;/t18-;/m1./s1. The molecule has 1 amide bonds. The van der Waals surface area contributed by atoms with E-state index in [0.29, 0.717) is 13.2 Å². The summed E-state index contributed by atoms with van der Waals surface area (Å²) < 4.78 is 12.9. The van der Waals surface area contributed by atoms with E-state index in [1.54, 1.807) is 6.20 Å². The summed E-state index contributed by atoms with van der Waals surface area (Å²) in [5.41, 5.74) is 0. The fourth-order valence-electron chi connectivity index (χ4n) is 3.82. The van der Waals surface area contributed by atoms with Crippen molar-refractivity contribution < 1.29 is 14.3 Å². The van der Waals surface area contributed by atoms with Crippen molar-refractivity contribution in [2.45, 2.75) is 25.0 Å². The van der Waals surface area contributed by atoms with E-state index < -0.39 is 0 Å². The monoisotopic (exact) mass is 381 g/mol. The maximum atomic E-state index is 12.8. The molecule has 0 aliphatic carbocycles. The number of piperidine rings is 1. The topological polar surface area (TPSA) is 54.9 Å². The average molecular weight is 381 g/mol. The Labute approximate surface area is 167 Å². The van der Waals surface area contributed by atoms with Gasteiger partial charge in [-0.3, -0.25) is 14.7 Å². The molecule has 27 heavy (non-hydrogen) atoms. The predicted octanol–water partition coefficient (Wildman–Crippen LogP) is 0.729. The van der Waals surface area contributed by atoms with E-state index in [4.69, 9.17) is 9.47 Å². The van der Waals surface area contributed by atoms with Crippen molar-refractivity contribution in [1.82, 2.24) is 14.8 Å². The molecule has 7 heteroatoms. The Kier molecular flexibility index (Phi) is 5.65. The largest absolute Gasteiger partial charge is 0.490 e. The lowest BCUT2D eigenvalue weighted by Gasteiger charge is -2.38. The molecule has 3 heterocycles. The third kappa shape index (κ3) is 4.12. The average Bonchev–Trinajstić information content (AvgIpc) is 2.68. The summed E-state index contributed by atoms with van der Waals surface area (Å²) >= 11 is 2.74. The Bertz CT molecular complexity index is 823. The summed E-state index contributed by atoms with van der Waals surface area (Å²) in [6.07, 6.45) is 5.45. The molecule has 140 valence electrons. The quantitative estimate of drug-likeness (QED) is 0.734. The molecule has 2 aromatic rings. The second-order valence-electron chi connectivity index (χ2n) is 7.33. The van der Waals surface area contributed by atoms with Gasteiger partial charge in [-0.2, -0.15) is 0 Å². The third-order valence-corrected chi connectivity index (χ3v) is 5.80. The molecule has 1 atom stereocenters. The first-order valence-electron chi connectivity index (χ1n) is 9.48. The first kappa shape index (κ1) is 18.7. The Hall–Kier alpha value is -1.65. The number of aromatic nitrogens is 1. The van der Waals surface area contributed by atoms with Crippen molar-refractivity contribution in [2.75, 3.05) is 39.9 Å². The number of likely N-dealkylation sites (N-methyl/N-ethyl adjacent to an activating group) is 1. The van der Waals surface area contributed by atoms with Gasteiger partial charge in [0, 0.05) is 50.3 Å². The van der Waals surface area contributed by atoms with Crippen LogP contribution in [0.3, 0.4) is 0 Å². The normalized spacial score (nSPS) is 22.1. The number of hydrogen-bond donors (Lipinski definition) is 0. The molecular formula is C20H24AlN3O3. The van der Waals surface area contributed by atoms with Crippen LogP contribution < -0.4 is 9.16 Å². The Balaban J connectivity index is 1.39. The minimum Gasteiger partial charge on any atom is -0.490 e. The molecular weight excluding hydrogens is 357 g/mol. The highest BCUT2D eigenvalue weighted by Gasteiger charge is 2.33. The summed E-state index contributed by atoms with van der Waals surface area (Å²) in [6, 6.07) is 6.00. The van der Waals surface area contributed by atoms with E-state index >= 15 is 0 Å². The van der Waals surface area contributed by atoms with Crippen LogP contribution in [0.25, 0.3) is 10.8 Å². The second-order valence-corrected chi connectivity index (χ2v) is 8.00. The van der Waals surface area contributed by atoms with Crippen LogP contribution in [0, 0.1) is 0 Å². The Morgan fingerprint density at radius 1 is 1.30 bits per heavy atom. The lowest BCUT2D eigenvalue weighted by atomic mass is 10.1. The number of amides is 1. The van der Waals surface area contributed by atoms with E-state index in [2.05, 4.69) is 32.2 Å². The molecule has 2 aliphatic heterocycles. The predicted molar refractivity (Wildman–Crippen MR) is 105 cm³/mol. The summed E-state index contributed by atoms with van der Waals surface area (Å²) in [7, 11) is 2.00. The van der Waals surface area contributed by atoms with Gasteiger partial charge >= 0.3 is 0 Å². The summed E-state index contributed by atoms with van der Waals surface area (Å²) in [5, 5.41) is 2.16. The maximum Gasteiger partial charge on any atom is 0.242 e. The number of benzene rings is 1. The fraction of sp³-hybridized carbons (Fsp3) is 0.500. The van der Waals surface area contributed by atoms with Crippen molar-refractivity contribution in [1.29, 1.82) is 0 Å². The number of nitrogens with zero attached hydrogens (tertiary/aromatic N) is 3. The van der Waals surface area contributed by atoms with Gasteiger partial charge < -0.3 is 14.4 Å². The molecule has 2 radical (unpaired) electrons. The van der Waals surface area contributed by atoms with Crippen LogP contribution in [0.5, 0.6) is 5.75 Å². The molecule has 6 nitrogen and oxygen atoms in total. The van der Waals surface area contributed by atoms with Crippen LogP contribution >= 0.6 is 0 Å². The van der Waals surface area contributed by atoms with Crippen molar-refractivity contribution in [2.24, 2.45) is 0 Å². The molecule has 0 spiro atoms. The van der Waals surface area contributed by atoms with E-state index in [1.165, 1.54) is 0 Å². The van der Waals surface area contributed by atoms with E-state index in [1.807, 2.05) is 30.3 Å². The smallest absolute Gasteiger partial charge is 0.242 e. The van der Waals surface area contributed by atoms with Gasteiger partial charge in [-0.05, 0) is 24.6 Å². The minimum absolute atomic E-state index is 0.115. The molecule has 0 saturated carbocycles. The number of pyridine rings is 1. The highest BCUT2D eigenvalue weighted by molar-refractivity contribution is 6.33. The Morgan fingerprint density at radius 2 is 2.11 bits per heavy atom. The Morgan fingerprint density at radius 3 is 2.89 bits per heavy atom. The molecule has 2 aliphatic rings. The van der Waals surface area contributed by atoms with E-state index in [-0.39, 0.29) is 18.1 Å². The first-order chi connectivity index (χ1) is 13.1. The van der Waals surface area contributed by atoms with E-state index in [9.17, 15) is 4.79 Å². The van der Waals surface area contributed by atoms with Crippen molar-refractivity contribution in [3.8, 4) is 5.75 Å². The number of fused-ring (bicyclic) bond motifs is 1. The highest BCUT2D eigenvalue weighted by Crippen LogP contribution is 2.27. The maximum absolute atomic E-state index is 12.8. The van der Waals surface area contributed by atoms with Crippen molar-refractivity contribution in [3.05, 3.63) is 30.6 Å². The molecule has 0 bridgehead atoms. The molecule has 2 fully saturated rings. The number of likely N-dealkylation sites (tertiary alicyclic amines) is 1. The van der Waals surface area contributed by atoms with Gasteiger partial charge in [0.2, 0.25) is 5.91 Å². The molecule has 0 N–H and O–H groups in total. The summed E-state index contributed by atoms with van der Waals surface area (Å²) in [5.74, 6) is 1.05. The van der Waals surface area contributed by atoms with Crippen molar-refractivity contribution in [3.63, 3.8) is 0 Å². The highest BCUT2D eigenvalue weighted by atomic mass is 27.0. The van der Waals surface area contributed by atoms with Gasteiger partial charge in [0.05, 0.1) is 13.2 Å². The zero-order valence-corrected chi connectivity index (χ0v) is 16.8. The lowest BCUT2D eigenvalue weighted by molar-refractivity contribution is -0.143. The van der Waals surface area contributed by atoms with Crippen LogP contribution in [-0.2, 0) is 9.53 Å². The molecule has 1 aromatic heterocycles. The van der Waals surface area contributed by atoms with Gasteiger partial charge in [-0.25, -0.2) is 0 Å². The molecule has 2 saturated heterocycles. The number of carbonyl (C=O) groups is 1. The zero-order chi connectivity index (χ0) is 18.8. The van der Waals surface area contributed by atoms with Crippen LogP contribution in [0.15, 0.2) is 30.6 Å². The number of morpholine rings is 1. The fourth-order valence-corrected chi connectivity index (χ4v) is 4.15. The number of carbonyl (C=O) groups excluding carboxylic acids is 1. The summed E-state index contributed by atoms with van der Waals surface area (Å²) in [6.45, 7) is 3.46. The lowest BCUT2D eigenvalue weighted by Crippen LogP contribution is -2.55. The minimum atomic E-state index is -0.153. The molecule has 1 aromatic carbocycles. The zero-order valence-electron chi connectivity index (χ0n) is 15.6. The van der Waals surface area contributed by atoms with Crippen LogP contribution in [0.2, 0.25) is 0 Å². The van der Waals surface area contributed by atoms with Gasteiger partial charge in [-0.1, -0.05) is 6.07 Å². The van der Waals surface area contributed by atoms with Gasteiger partial charge in [-0.15, -0.1) is 4.43 Å². The van der Waals surface area contributed by atoms with Gasteiger partial charge in [0.15, 0.2) is 16.3 Å².